The van der Waals surface area contributed by atoms with Crippen LogP contribution in [0.2, 0.25) is 0 Å². The Labute approximate surface area is 99.7 Å². The number of rotatable bonds is 1. The predicted molar refractivity (Wildman–Crippen MR) is 57.1 cm³/mol. The number of hydrogen-bond acceptors (Lipinski definition) is 5. The number of Topliss-reactive ketones (excluding diaryl/α,β-unsaturated/α-hetero) is 1. The number of carbonyl (C=O) groups excluding carboxylic acids is 1. The van der Waals surface area contributed by atoms with Crippen molar-refractivity contribution in [2.75, 3.05) is 0 Å². The molecule has 3 aliphatic rings. The Morgan fingerprint density at radius 1 is 1.41 bits per heavy atom. The van der Waals surface area contributed by atoms with Crippen LogP contribution in [0.1, 0.15) is 33.6 Å². The summed E-state index contributed by atoms with van der Waals surface area (Å²) >= 11 is 0. The van der Waals surface area contributed by atoms with E-state index in [0.29, 0.717) is 6.42 Å². The summed E-state index contributed by atoms with van der Waals surface area (Å²) in [5, 5.41) is 20.5. The van der Waals surface area contributed by atoms with Crippen molar-refractivity contribution in [3.05, 3.63) is 0 Å². The number of epoxide rings is 1. The molecule has 5 nitrogen and oxygen atoms in total. The van der Waals surface area contributed by atoms with Crippen molar-refractivity contribution in [2.45, 2.75) is 62.8 Å². The minimum absolute atomic E-state index is 0.0252. The zero-order valence-corrected chi connectivity index (χ0v) is 10.3. The van der Waals surface area contributed by atoms with Gasteiger partial charge in [0.05, 0.1) is 11.7 Å². The number of ether oxygens (including phenoxy) is 2. The van der Waals surface area contributed by atoms with Gasteiger partial charge >= 0.3 is 0 Å². The van der Waals surface area contributed by atoms with Crippen LogP contribution in [0.3, 0.4) is 0 Å². The lowest BCUT2D eigenvalue weighted by atomic mass is 9.76. The van der Waals surface area contributed by atoms with Gasteiger partial charge in [-0.15, -0.1) is 0 Å². The first-order valence-electron chi connectivity index (χ1n) is 6.01. The van der Waals surface area contributed by atoms with Gasteiger partial charge in [0.1, 0.15) is 6.10 Å². The zero-order valence-electron chi connectivity index (χ0n) is 10.3. The summed E-state index contributed by atoms with van der Waals surface area (Å²) in [5.74, 6) is -1.66. The van der Waals surface area contributed by atoms with Gasteiger partial charge in [0, 0.05) is 12.3 Å². The van der Waals surface area contributed by atoms with E-state index >= 15 is 0 Å². The van der Waals surface area contributed by atoms with Crippen molar-refractivity contribution in [1.82, 2.24) is 0 Å². The highest BCUT2D eigenvalue weighted by molar-refractivity contribution is 5.92. The maximum atomic E-state index is 11.8. The third kappa shape index (κ3) is 1.37. The molecule has 0 bridgehead atoms. The van der Waals surface area contributed by atoms with E-state index in [2.05, 4.69) is 0 Å². The minimum Gasteiger partial charge on any atom is -0.388 e. The molecule has 1 aliphatic carbocycles. The SMILES string of the molecule is CC(C)(O)[C@@H]1C[C@H]2CC(=O)[C@]3(C)O[C@@H]3[C@@]2(O)O1. The summed E-state index contributed by atoms with van der Waals surface area (Å²) in [4.78, 5) is 11.8. The van der Waals surface area contributed by atoms with Crippen LogP contribution in [0.5, 0.6) is 0 Å². The number of fused-ring (bicyclic) bond motifs is 3. The van der Waals surface area contributed by atoms with Crippen molar-refractivity contribution in [1.29, 1.82) is 0 Å². The molecule has 5 heteroatoms. The fraction of sp³-hybridized carbons (Fsp3) is 0.917. The van der Waals surface area contributed by atoms with E-state index in [4.69, 9.17) is 9.47 Å². The molecule has 0 amide bonds. The van der Waals surface area contributed by atoms with E-state index < -0.39 is 29.2 Å². The monoisotopic (exact) mass is 242 g/mol. The average molecular weight is 242 g/mol. The lowest BCUT2D eigenvalue weighted by Crippen LogP contribution is -2.51. The number of ketones is 1. The number of hydrogen-bond donors (Lipinski definition) is 2. The molecule has 96 valence electrons. The maximum Gasteiger partial charge on any atom is 0.199 e. The second kappa shape index (κ2) is 2.91. The van der Waals surface area contributed by atoms with E-state index in [9.17, 15) is 15.0 Å². The van der Waals surface area contributed by atoms with E-state index in [0.717, 1.165) is 0 Å². The second-order valence-electron chi connectivity index (χ2n) is 6.18. The molecule has 17 heavy (non-hydrogen) atoms. The minimum atomic E-state index is -1.41. The van der Waals surface area contributed by atoms with Crippen molar-refractivity contribution < 1.29 is 24.5 Å². The van der Waals surface area contributed by atoms with Crippen molar-refractivity contribution in [3.8, 4) is 0 Å². The summed E-state index contributed by atoms with van der Waals surface area (Å²) in [6, 6.07) is 0. The quantitative estimate of drug-likeness (QED) is 0.632. The van der Waals surface area contributed by atoms with Gasteiger partial charge in [-0.05, 0) is 27.2 Å². The van der Waals surface area contributed by atoms with Gasteiger partial charge in [0.25, 0.3) is 0 Å². The van der Waals surface area contributed by atoms with Gasteiger partial charge in [0.2, 0.25) is 0 Å². The van der Waals surface area contributed by atoms with Crippen LogP contribution in [0, 0.1) is 5.92 Å². The molecular weight excluding hydrogens is 224 g/mol. The highest BCUT2D eigenvalue weighted by Crippen LogP contribution is 2.57. The van der Waals surface area contributed by atoms with E-state index in [1.165, 1.54) is 0 Å². The van der Waals surface area contributed by atoms with E-state index in [1.807, 2.05) is 0 Å². The molecule has 0 unspecified atom stereocenters. The Balaban J connectivity index is 1.89. The largest absolute Gasteiger partial charge is 0.388 e. The zero-order chi connectivity index (χ0) is 12.6. The molecule has 2 N–H and O–H groups in total. The smallest absolute Gasteiger partial charge is 0.199 e. The van der Waals surface area contributed by atoms with E-state index in [1.54, 1.807) is 20.8 Å². The summed E-state index contributed by atoms with van der Waals surface area (Å²) in [6.45, 7) is 4.98. The van der Waals surface area contributed by atoms with Crippen LogP contribution in [0.4, 0.5) is 0 Å². The lowest BCUT2D eigenvalue weighted by molar-refractivity contribution is -0.246. The molecule has 2 heterocycles. The van der Waals surface area contributed by atoms with Gasteiger partial charge in [0.15, 0.2) is 17.2 Å². The Morgan fingerprint density at radius 2 is 2.06 bits per heavy atom. The van der Waals surface area contributed by atoms with Crippen LogP contribution in [0.25, 0.3) is 0 Å². The maximum absolute atomic E-state index is 11.8. The van der Waals surface area contributed by atoms with Crippen LogP contribution in [0.15, 0.2) is 0 Å². The molecule has 0 aromatic carbocycles. The second-order valence-corrected chi connectivity index (χ2v) is 6.18. The van der Waals surface area contributed by atoms with Crippen molar-refractivity contribution in [3.63, 3.8) is 0 Å². The summed E-state index contributed by atoms with van der Waals surface area (Å²) in [6.07, 6.45) is -0.289. The predicted octanol–water partition coefficient (Wildman–Crippen LogP) is -0.0187. The standard InChI is InChI=1S/C12H18O5/c1-10(2,14)8-5-6-4-7(13)11(3)9(17-11)12(6,15)16-8/h6,8-9,14-15H,4-5H2,1-3H3/t6-,8+,9+,11+,12+/m1/s1. The third-order valence-corrected chi connectivity index (χ3v) is 4.37. The number of aliphatic hydroxyl groups is 2. The molecule has 3 rings (SSSR count). The topological polar surface area (TPSA) is 79.3 Å². The molecule has 2 saturated heterocycles. The van der Waals surface area contributed by atoms with Gasteiger partial charge in [-0.25, -0.2) is 0 Å². The van der Waals surface area contributed by atoms with Crippen LogP contribution < -0.4 is 0 Å². The Bertz CT molecular complexity index is 387. The Kier molecular flexibility index (Phi) is 1.98. The first-order valence-corrected chi connectivity index (χ1v) is 6.01. The summed E-state index contributed by atoms with van der Waals surface area (Å²) in [7, 11) is 0. The molecule has 2 aliphatic heterocycles. The van der Waals surface area contributed by atoms with Gasteiger partial charge in [-0.1, -0.05) is 0 Å². The van der Waals surface area contributed by atoms with Gasteiger partial charge in [-0.3, -0.25) is 4.79 Å². The Hall–Kier alpha value is -0.490. The molecule has 0 spiro atoms. The van der Waals surface area contributed by atoms with Crippen LogP contribution in [-0.2, 0) is 14.3 Å². The number of carbonyl (C=O) groups is 1. The summed E-state index contributed by atoms with van der Waals surface area (Å²) in [5.41, 5.74) is -1.90. The fourth-order valence-corrected chi connectivity index (χ4v) is 3.07. The highest BCUT2D eigenvalue weighted by Gasteiger charge is 2.76. The first-order chi connectivity index (χ1) is 7.68. The fourth-order valence-electron chi connectivity index (χ4n) is 3.07. The van der Waals surface area contributed by atoms with Crippen LogP contribution >= 0.6 is 0 Å². The average Bonchev–Trinajstić information content (AvgIpc) is 2.77. The molecular formula is C12H18O5. The normalized spacial score (nSPS) is 53.2. The highest BCUT2D eigenvalue weighted by atomic mass is 16.7. The molecule has 5 atom stereocenters. The van der Waals surface area contributed by atoms with Crippen molar-refractivity contribution >= 4 is 5.78 Å². The molecule has 0 aromatic heterocycles. The molecule has 0 radical (unpaired) electrons. The van der Waals surface area contributed by atoms with Crippen LogP contribution in [-0.4, -0.2) is 45.2 Å². The molecule has 1 saturated carbocycles. The Morgan fingerprint density at radius 3 is 2.65 bits per heavy atom. The van der Waals surface area contributed by atoms with Gasteiger partial charge in [-0.2, -0.15) is 0 Å². The van der Waals surface area contributed by atoms with E-state index in [-0.39, 0.29) is 18.1 Å². The lowest BCUT2D eigenvalue weighted by Gasteiger charge is -2.32. The summed E-state index contributed by atoms with van der Waals surface area (Å²) < 4.78 is 11.0. The van der Waals surface area contributed by atoms with Gasteiger partial charge < -0.3 is 19.7 Å². The third-order valence-electron chi connectivity index (χ3n) is 4.37. The molecule has 0 aromatic rings. The molecule has 3 fully saturated rings. The van der Waals surface area contributed by atoms with Crippen molar-refractivity contribution in [2.24, 2.45) is 5.92 Å². The first kappa shape index (κ1) is 11.6.